The number of thioether (sulfide) groups is 1. The highest BCUT2D eigenvalue weighted by atomic mass is 32.2. The van der Waals surface area contributed by atoms with E-state index in [9.17, 15) is 9.18 Å². The molecule has 0 unspecified atom stereocenters. The summed E-state index contributed by atoms with van der Waals surface area (Å²) in [5.41, 5.74) is 1.33. The van der Waals surface area contributed by atoms with Crippen LogP contribution in [0.3, 0.4) is 0 Å². The lowest BCUT2D eigenvalue weighted by Crippen LogP contribution is -2.30. The molecule has 1 aromatic carbocycles. The molecule has 3 rings (SSSR count). The van der Waals surface area contributed by atoms with Crippen molar-refractivity contribution >= 4 is 29.2 Å². The molecule has 1 N–H and O–H groups in total. The summed E-state index contributed by atoms with van der Waals surface area (Å²) in [4.78, 5) is 23.0. The monoisotopic (exact) mass is 360 g/mol. The van der Waals surface area contributed by atoms with Crippen LogP contribution in [0, 0.1) is 12.7 Å². The molecule has 5 nitrogen and oxygen atoms in total. The Balaban J connectivity index is 1.56. The van der Waals surface area contributed by atoms with Gasteiger partial charge in [-0.05, 0) is 49.9 Å². The lowest BCUT2D eigenvalue weighted by Gasteiger charge is -2.27. The van der Waals surface area contributed by atoms with E-state index in [1.807, 2.05) is 6.07 Å². The number of carbonyl (C=O) groups is 1. The Labute approximate surface area is 151 Å². The van der Waals surface area contributed by atoms with E-state index in [4.69, 9.17) is 0 Å². The summed E-state index contributed by atoms with van der Waals surface area (Å²) in [5, 5.41) is 3.58. The van der Waals surface area contributed by atoms with Gasteiger partial charge in [-0.15, -0.1) is 0 Å². The number of benzene rings is 1. The lowest BCUT2D eigenvalue weighted by molar-refractivity contribution is -0.113. The average molecular weight is 360 g/mol. The quantitative estimate of drug-likeness (QED) is 0.652. The summed E-state index contributed by atoms with van der Waals surface area (Å²) < 4.78 is 13.1. The SMILES string of the molecule is Cc1cc(F)ccc1NC(=O)CSc1cc(N2CCCCC2)ncn1. The van der Waals surface area contributed by atoms with Crippen molar-refractivity contribution in [3.05, 3.63) is 42.0 Å². The molecular weight excluding hydrogens is 339 g/mol. The summed E-state index contributed by atoms with van der Waals surface area (Å²) >= 11 is 1.37. The van der Waals surface area contributed by atoms with Crippen LogP contribution >= 0.6 is 11.8 Å². The van der Waals surface area contributed by atoms with Crippen LogP contribution in [-0.4, -0.2) is 34.7 Å². The number of aryl methyl sites for hydroxylation is 1. The first-order valence-electron chi connectivity index (χ1n) is 8.37. The third-order valence-electron chi connectivity index (χ3n) is 4.12. The number of piperidine rings is 1. The highest BCUT2D eigenvalue weighted by molar-refractivity contribution is 7.99. The van der Waals surface area contributed by atoms with Crippen LogP contribution < -0.4 is 10.2 Å². The van der Waals surface area contributed by atoms with Gasteiger partial charge in [-0.2, -0.15) is 0 Å². The van der Waals surface area contributed by atoms with Crippen molar-refractivity contribution in [2.75, 3.05) is 29.1 Å². The second-order valence-electron chi connectivity index (χ2n) is 6.06. The van der Waals surface area contributed by atoms with Gasteiger partial charge in [-0.1, -0.05) is 11.8 Å². The Morgan fingerprint density at radius 1 is 1.24 bits per heavy atom. The fraction of sp³-hybridized carbons (Fsp3) is 0.389. The third-order valence-corrected chi connectivity index (χ3v) is 5.05. The van der Waals surface area contributed by atoms with Crippen LogP contribution in [0.15, 0.2) is 35.6 Å². The first-order valence-corrected chi connectivity index (χ1v) is 9.36. The Kier molecular flexibility index (Phi) is 5.86. The molecule has 0 aliphatic carbocycles. The molecule has 1 aromatic heterocycles. The van der Waals surface area contributed by atoms with Crippen LogP contribution in [0.4, 0.5) is 15.9 Å². The second-order valence-corrected chi connectivity index (χ2v) is 7.05. The molecule has 25 heavy (non-hydrogen) atoms. The molecular formula is C18H21FN4OS. The van der Waals surface area contributed by atoms with E-state index in [2.05, 4.69) is 20.2 Å². The van der Waals surface area contributed by atoms with E-state index in [1.54, 1.807) is 19.3 Å². The summed E-state index contributed by atoms with van der Waals surface area (Å²) in [6, 6.07) is 6.25. The van der Waals surface area contributed by atoms with Crippen molar-refractivity contribution in [3.63, 3.8) is 0 Å². The maximum Gasteiger partial charge on any atom is 0.234 e. The number of carbonyl (C=O) groups excluding carboxylic acids is 1. The Morgan fingerprint density at radius 3 is 2.80 bits per heavy atom. The predicted octanol–water partition coefficient (Wildman–Crippen LogP) is 3.65. The van der Waals surface area contributed by atoms with Crippen molar-refractivity contribution in [1.29, 1.82) is 0 Å². The van der Waals surface area contributed by atoms with E-state index in [-0.39, 0.29) is 17.5 Å². The van der Waals surface area contributed by atoms with Crippen molar-refractivity contribution in [1.82, 2.24) is 9.97 Å². The zero-order chi connectivity index (χ0) is 17.6. The standard InChI is InChI=1S/C18H21FN4OS/c1-13-9-14(19)5-6-15(13)22-17(24)11-25-18-10-16(20-12-21-18)23-7-3-2-4-8-23/h5-6,9-10,12H,2-4,7-8,11H2,1H3,(H,22,24). The minimum absolute atomic E-state index is 0.141. The number of rotatable bonds is 5. The van der Waals surface area contributed by atoms with E-state index < -0.39 is 0 Å². The number of nitrogens with one attached hydrogen (secondary N) is 1. The number of halogens is 1. The number of aromatic nitrogens is 2. The van der Waals surface area contributed by atoms with Crippen LogP contribution in [0.2, 0.25) is 0 Å². The van der Waals surface area contributed by atoms with E-state index in [0.29, 0.717) is 11.3 Å². The van der Waals surface area contributed by atoms with Crippen molar-refractivity contribution < 1.29 is 9.18 Å². The van der Waals surface area contributed by atoms with Gasteiger partial charge < -0.3 is 10.2 Å². The first kappa shape index (κ1) is 17.7. The second kappa shape index (κ2) is 8.29. The predicted molar refractivity (Wildman–Crippen MR) is 98.6 cm³/mol. The number of nitrogens with zero attached hydrogens (tertiary/aromatic N) is 3. The van der Waals surface area contributed by atoms with Crippen molar-refractivity contribution in [3.8, 4) is 0 Å². The zero-order valence-electron chi connectivity index (χ0n) is 14.2. The van der Waals surface area contributed by atoms with Gasteiger partial charge in [0.05, 0.1) is 5.75 Å². The maximum absolute atomic E-state index is 13.1. The van der Waals surface area contributed by atoms with Gasteiger partial charge in [0.1, 0.15) is 23.0 Å². The van der Waals surface area contributed by atoms with Crippen LogP contribution in [0.1, 0.15) is 24.8 Å². The molecule has 1 amide bonds. The lowest BCUT2D eigenvalue weighted by atomic mass is 10.1. The summed E-state index contributed by atoms with van der Waals surface area (Å²) in [6.45, 7) is 3.80. The highest BCUT2D eigenvalue weighted by Crippen LogP contribution is 2.23. The van der Waals surface area contributed by atoms with Crippen LogP contribution in [0.5, 0.6) is 0 Å². The van der Waals surface area contributed by atoms with Crippen LogP contribution in [-0.2, 0) is 4.79 Å². The highest BCUT2D eigenvalue weighted by Gasteiger charge is 2.13. The molecule has 0 spiro atoms. The molecule has 0 bridgehead atoms. The van der Waals surface area contributed by atoms with E-state index in [1.165, 1.54) is 43.2 Å². The van der Waals surface area contributed by atoms with Gasteiger partial charge in [0.25, 0.3) is 0 Å². The van der Waals surface area contributed by atoms with Gasteiger partial charge >= 0.3 is 0 Å². The third kappa shape index (κ3) is 4.92. The molecule has 0 radical (unpaired) electrons. The number of anilines is 2. The summed E-state index contributed by atoms with van der Waals surface area (Å²) in [5.74, 6) is 0.716. The molecule has 1 fully saturated rings. The molecule has 1 aliphatic rings. The summed E-state index contributed by atoms with van der Waals surface area (Å²) in [6.07, 6.45) is 5.19. The molecule has 7 heteroatoms. The number of hydrogen-bond donors (Lipinski definition) is 1. The molecule has 1 aliphatic heterocycles. The Hall–Kier alpha value is -2.15. The van der Waals surface area contributed by atoms with Gasteiger partial charge in [-0.25, -0.2) is 14.4 Å². The van der Waals surface area contributed by atoms with Gasteiger partial charge in [0, 0.05) is 24.8 Å². The number of amides is 1. The zero-order valence-corrected chi connectivity index (χ0v) is 15.0. The van der Waals surface area contributed by atoms with E-state index in [0.717, 1.165) is 23.9 Å². The minimum atomic E-state index is -0.309. The molecule has 2 heterocycles. The van der Waals surface area contributed by atoms with E-state index >= 15 is 0 Å². The fourth-order valence-electron chi connectivity index (χ4n) is 2.80. The normalized spacial score (nSPS) is 14.4. The maximum atomic E-state index is 13.1. The summed E-state index contributed by atoms with van der Waals surface area (Å²) in [7, 11) is 0. The van der Waals surface area contributed by atoms with Gasteiger partial charge in [0.15, 0.2) is 0 Å². The number of hydrogen-bond acceptors (Lipinski definition) is 5. The molecule has 1 saturated heterocycles. The average Bonchev–Trinajstić information content (AvgIpc) is 2.63. The van der Waals surface area contributed by atoms with Gasteiger partial charge in [-0.3, -0.25) is 4.79 Å². The molecule has 0 saturated carbocycles. The molecule has 132 valence electrons. The minimum Gasteiger partial charge on any atom is -0.356 e. The first-order chi connectivity index (χ1) is 12.1. The Bertz CT molecular complexity index is 750. The van der Waals surface area contributed by atoms with Crippen LogP contribution in [0.25, 0.3) is 0 Å². The fourth-order valence-corrected chi connectivity index (χ4v) is 3.46. The van der Waals surface area contributed by atoms with Gasteiger partial charge in [0.2, 0.25) is 5.91 Å². The largest absolute Gasteiger partial charge is 0.356 e. The smallest absolute Gasteiger partial charge is 0.234 e. The molecule has 0 atom stereocenters. The topological polar surface area (TPSA) is 58.1 Å². The molecule has 2 aromatic rings. The van der Waals surface area contributed by atoms with Crippen molar-refractivity contribution in [2.24, 2.45) is 0 Å². The van der Waals surface area contributed by atoms with Crippen molar-refractivity contribution in [2.45, 2.75) is 31.2 Å². The Morgan fingerprint density at radius 2 is 2.04 bits per heavy atom.